The minimum Gasteiger partial charge on any atom is -0.318 e. The second kappa shape index (κ2) is 5.82. The number of benzene rings is 1. The Bertz CT molecular complexity index is 741. The minimum absolute atomic E-state index is 0.0352. The normalized spacial score (nSPS) is 10.7. The third kappa shape index (κ3) is 3.31. The average Bonchev–Trinajstić information content (AvgIpc) is 2.42. The molecule has 0 saturated heterocycles. The maximum atomic E-state index is 13.5. The first-order valence-electron chi connectivity index (χ1n) is 6.25. The van der Waals surface area contributed by atoms with Crippen molar-refractivity contribution < 1.29 is 13.6 Å². The summed E-state index contributed by atoms with van der Waals surface area (Å²) in [7, 11) is 0. The molecule has 2 rings (SSSR count). The second-order valence-electron chi connectivity index (χ2n) is 4.67. The molecule has 7 heteroatoms. The highest BCUT2D eigenvalue weighted by Gasteiger charge is 2.13. The van der Waals surface area contributed by atoms with Crippen molar-refractivity contribution in [3.8, 4) is 0 Å². The van der Waals surface area contributed by atoms with Crippen molar-refractivity contribution >= 4 is 11.6 Å². The molecule has 2 aromatic rings. The molecule has 0 aliphatic heterocycles. The summed E-state index contributed by atoms with van der Waals surface area (Å²) in [6, 6.07) is 5.05. The van der Waals surface area contributed by atoms with E-state index in [-0.39, 0.29) is 23.0 Å². The Morgan fingerprint density at radius 1 is 1.24 bits per heavy atom. The summed E-state index contributed by atoms with van der Waals surface area (Å²) < 4.78 is 27.4. The number of aromatic nitrogens is 2. The molecule has 1 aromatic heterocycles. The number of nitrogens with zero attached hydrogens (tertiary/aromatic N) is 2. The Morgan fingerprint density at radius 2 is 1.95 bits per heavy atom. The molecule has 1 N–H and O–H groups in total. The largest absolute Gasteiger partial charge is 0.318 e. The van der Waals surface area contributed by atoms with E-state index in [1.807, 2.05) is 0 Å². The molecule has 1 aromatic carbocycles. The summed E-state index contributed by atoms with van der Waals surface area (Å²) in [6.45, 7) is 3.49. The van der Waals surface area contributed by atoms with Crippen molar-refractivity contribution in [2.75, 3.05) is 5.32 Å². The van der Waals surface area contributed by atoms with Gasteiger partial charge in [-0.15, -0.1) is 0 Å². The first kappa shape index (κ1) is 14.8. The fraction of sp³-hybridized carbons (Fsp3) is 0.214. The van der Waals surface area contributed by atoms with Crippen molar-refractivity contribution in [3.05, 3.63) is 58.0 Å². The summed E-state index contributed by atoms with van der Waals surface area (Å²) in [5.41, 5.74) is -0.535. The lowest BCUT2D eigenvalue weighted by atomic mass is 10.2. The van der Waals surface area contributed by atoms with E-state index in [2.05, 4.69) is 10.4 Å². The van der Waals surface area contributed by atoms with Gasteiger partial charge in [0.15, 0.2) is 0 Å². The van der Waals surface area contributed by atoms with E-state index in [0.29, 0.717) is 6.07 Å². The number of carbonyl (C=O) groups is 1. The number of rotatable bonds is 3. The smallest absolute Gasteiger partial charge is 0.276 e. The fourth-order valence-corrected chi connectivity index (χ4v) is 1.69. The number of nitrogens with one attached hydrogen (secondary N) is 1. The SMILES string of the molecule is CC(C)n1nc(C(=O)Nc2ccc(F)cc2F)ccc1=O. The molecule has 0 unspecified atom stereocenters. The van der Waals surface area contributed by atoms with E-state index in [1.165, 1.54) is 12.1 Å². The predicted molar refractivity (Wildman–Crippen MR) is 73.2 cm³/mol. The Balaban J connectivity index is 2.28. The average molecular weight is 293 g/mol. The molecular formula is C14H13F2N3O2. The molecule has 0 bridgehead atoms. The molecular weight excluding hydrogens is 280 g/mol. The van der Waals surface area contributed by atoms with Gasteiger partial charge in [0.2, 0.25) is 0 Å². The minimum atomic E-state index is -0.888. The predicted octanol–water partition coefficient (Wildman–Crippen LogP) is 2.35. The van der Waals surface area contributed by atoms with E-state index >= 15 is 0 Å². The summed E-state index contributed by atoms with van der Waals surface area (Å²) in [4.78, 5) is 23.5. The van der Waals surface area contributed by atoms with Gasteiger partial charge in [-0.05, 0) is 32.0 Å². The van der Waals surface area contributed by atoms with Crippen molar-refractivity contribution in [2.24, 2.45) is 0 Å². The Labute approximate surface area is 119 Å². The van der Waals surface area contributed by atoms with Gasteiger partial charge in [0.1, 0.15) is 17.3 Å². The van der Waals surface area contributed by atoms with Crippen molar-refractivity contribution in [2.45, 2.75) is 19.9 Å². The third-order valence-electron chi connectivity index (χ3n) is 2.73. The van der Waals surface area contributed by atoms with Crippen LogP contribution in [-0.4, -0.2) is 15.7 Å². The van der Waals surface area contributed by atoms with E-state index in [9.17, 15) is 18.4 Å². The van der Waals surface area contributed by atoms with Crippen LogP contribution in [0.3, 0.4) is 0 Å². The van der Waals surface area contributed by atoms with Crippen molar-refractivity contribution in [1.29, 1.82) is 0 Å². The molecule has 0 atom stereocenters. The van der Waals surface area contributed by atoms with Gasteiger partial charge < -0.3 is 5.32 Å². The molecule has 1 heterocycles. The first-order valence-corrected chi connectivity index (χ1v) is 6.25. The summed E-state index contributed by atoms with van der Waals surface area (Å²) in [5.74, 6) is -2.31. The molecule has 0 fully saturated rings. The highest BCUT2D eigenvalue weighted by Crippen LogP contribution is 2.15. The molecule has 0 aliphatic carbocycles. The van der Waals surface area contributed by atoms with E-state index < -0.39 is 17.5 Å². The summed E-state index contributed by atoms with van der Waals surface area (Å²) >= 11 is 0. The van der Waals surface area contributed by atoms with Crippen molar-refractivity contribution in [1.82, 2.24) is 9.78 Å². The van der Waals surface area contributed by atoms with E-state index in [4.69, 9.17) is 0 Å². The van der Waals surface area contributed by atoms with Crippen LogP contribution in [-0.2, 0) is 0 Å². The maximum Gasteiger partial charge on any atom is 0.276 e. The number of hydrogen-bond donors (Lipinski definition) is 1. The lowest BCUT2D eigenvalue weighted by Gasteiger charge is -2.10. The monoisotopic (exact) mass is 293 g/mol. The fourth-order valence-electron chi connectivity index (χ4n) is 1.69. The van der Waals surface area contributed by atoms with Crippen LogP contribution in [0.5, 0.6) is 0 Å². The van der Waals surface area contributed by atoms with Crippen LogP contribution >= 0.6 is 0 Å². The number of hydrogen-bond acceptors (Lipinski definition) is 3. The summed E-state index contributed by atoms with van der Waals surface area (Å²) in [5, 5.41) is 6.19. The molecule has 1 amide bonds. The maximum absolute atomic E-state index is 13.5. The number of halogens is 2. The van der Waals surface area contributed by atoms with Gasteiger partial charge in [0.05, 0.1) is 11.7 Å². The highest BCUT2D eigenvalue weighted by atomic mass is 19.1. The molecule has 0 spiro atoms. The Morgan fingerprint density at radius 3 is 2.57 bits per heavy atom. The second-order valence-corrected chi connectivity index (χ2v) is 4.67. The standard InChI is InChI=1S/C14H13F2N3O2/c1-8(2)19-13(20)6-5-12(18-19)14(21)17-11-4-3-9(15)7-10(11)16/h3-8H,1-2H3,(H,17,21). The number of carbonyl (C=O) groups excluding carboxylic acids is 1. The summed E-state index contributed by atoms with van der Waals surface area (Å²) in [6.07, 6.45) is 0. The Hall–Kier alpha value is -2.57. The van der Waals surface area contributed by atoms with Crippen LogP contribution in [0.4, 0.5) is 14.5 Å². The van der Waals surface area contributed by atoms with Gasteiger partial charge in [-0.25, -0.2) is 13.5 Å². The van der Waals surface area contributed by atoms with Crippen LogP contribution in [0.2, 0.25) is 0 Å². The van der Waals surface area contributed by atoms with Gasteiger partial charge in [-0.1, -0.05) is 0 Å². The Kier molecular flexibility index (Phi) is 4.11. The van der Waals surface area contributed by atoms with Crippen LogP contribution in [0.25, 0.3) is 0 Å². The van der Waals surface area contributed by atoms with E-state index in [0.717, 1.165) is 16.8 Å². The van der Waals surface area contributed by atoms with E-state index in [1.54, 1.807) is 13.8 Å². The molecule has 0 aliphatic rings. The number of amides is 1. The van der Waals surface area contributed by atoms with Gasteiger partial charge in [-0.3, -0.25) is 9.59 Å². The zero-order chi connectivity index (χ0) is 15.6. The van der Waals surface area contributed by atoms with Crippen LogP contribution in [0.1, 0.15) is 30.4 Å². The van der Waals surface area contributed by atoms with Gasteiger partial charge in [0.25, 0.3) is 11.5 Å². The quantitative estimate of drug-likeness (QED) is 0.944. The van der Waals surface area contributed by atoms with Crippen LogP contribution in [0.15, 0.2) is 35.1 Å². The highest BCUT2D eigenvalue weighted by molar-refractivity contribution is 6.02. The van der Waals surface area contributed by atoms with Crippen LogP contribution in [0, 0.1) is 11.6 Å². The molecule has 110 valence electrons. The van der Waals surface area contributed by atoms with Gasteiger partial charge in [-0.2, -0.15) is 5.10 Å². The zero-order valence-electron chi connectivity index (χ0n) is 11.4. The number of anilines is 1. The molecule has 5 nitrogen and oxygen atoms in total. The van der Waals surface area contributed by atoms with Gasteiger partial charge in [0, 0.05) is 12.1 Å². The molecule has 21 heavy (non-hydrogen) atoms. The lowest BCUT2D eigenvalue weighted by Crippen LogP contribution is -2.27. The lowest BCUT2D eigenvalue weighted by molar-refractivity contribution is 0.101. The molecule has 0 radical (unpaired) electrons. The molecule has 0 saturated carbocycles. The zero-order valence-corrected chi connectivity index (χ0v) is 11.4. The van der Waals surface area contributed by atoms with Crippen LogP contribution < -0.4 is 10.9 Å². The van der Waals surface area contributed by atoms with Gasteiger partial charge >= 0.3 is 0 Å². The topological polar surface area (TPSA) is 64.0 Å². The first-order chi connectivity index (χ1) is 9.88. The van der Waals surface area contributed by atoms with Crippen molar-refractivity contribution in [3.63, 3.8) is 0 Å². The third-order valence-corrected chi connectivity index (χ3v) is 2.73.